The van der Waals surface area contributed by atoms with Gasteiger partial charge in [0.1, 0.15) is 0 Å². The van der Waals surface area contributed by atoms with Crippen molar-refractivity contribution in [2.24, 2.45) is 0 Å². The van der Waals surface area contributed by atoms with E-state index in [-0.39, 0.29) is 13.0 Å². The minimum atomic E-state index is -3.13. The van der Waals surface area contributed by atoms with Gasteiger partial charge in [0, 0.05) is 15.7 Å². The average Bonchev–Trinajstić information content (AvgIpc) is 1.97. The van der Waals surface area contributed by atoms with E-state index in [9.17, 15) is 14.2 Å². The zero-order chi connectivity index (χ0) is 11.2. The van der Waals surface area contributed by atoms with Gasteiger partial charge < -0.3 is 10.4 Å². The molecule has 0 fully saturated rings. The quantitative estimate of drug-likeness (QED) is 0.353. The number of nitrogens with one attached hydrogen (secondary N) is 1. The van der Waals surface area contributed by atoms with Crippen molar-refractivity contribution >= 4 is 16.5 Å². The van der Waals surface area contributed by atoms with Crippen LogP contribution in [0.5, 0.6) is 0 Å². The van der Waals surface area contributed by atoms with E-state index in [1.807, 2.05) is 0 Å². The Kier molecular flexibility index (Phi) is 6.43. The van der Waals surface area contributed by atoms with E-state index < -0.39 is 22.5 Å². The molecular formula is C4H11NO7P2+2. The van der Waals surface area contributed by atoms with Crippen molar-refractivity contribution in [2.75, 3.05) is 13.6 Å². The first-order chi connectivity index (χ1) is 6.39. The highest BCUT2D eigenvalue weighted by molar-refractivity contribution is 7.33. The molecule has 82 valence electrons. The molecule has 10 heteroatoms. The Bertz CT molecular complexity index is 206. The van der Waals surface area contributed by atoms with Gasteiger partial charge in [-0.05, 0) is 16.1 Å². The van der Waals surface area contributed by atoms with Crippen LogP contribution in [0.1, 0.15) is 6.42 Å². The van der Waals surface area contributed by atoms with Crippen LogP contribution in [0.15, 0.2) is 0 Å². The molecule has 0 saturated heterocycles. The fraction of sp³-hybridized carbons (Fsp3) is 1.00. The maximum Gasteiger partial charge on any atom is 0.700 e. The van der Waals surface area contributed by atoms with E-state index in [1.54, 1.807) is 7.05 Å². The molecule has 0 amide bonds. The molecule has 0 aliphatic rings. The van der Waals surface area contributed by atoms with Gasteiger partial charge in [-0.25, -0.2) is 0 Å². The molecule has 0 aliphatic carbocycles. The van der Waals surface area contributed by atoms with Crippen molar-refractivity contribution in [1.82, 2.24) is 5.32 Å². The molecule has 0 aromatic heterocycles. The molecule has 0 aliphatic heterocycles. The Morgan fingerprint density at radius 1 is 1.29 bits per heavy atom. The Morgan fingerprint density at radius 3 is 2.00 bits per heavy atom. The molecule has 0 heterocycles. The number of rotatable bonds is 7. The predicted molar refractivity (Wildman–Crippen MR) is 45.3 cm³/mol. The van der Waals surface area contributed by atoms with Gasteiger partial charge in [0.15, 0.2) is 0 Å². The standard InChI is InChI=1S/C4H9NO7P2/c1-5-3-2-4(6,11-13(7)8)12-14(9)10/h5-6H,2-3H2,1H3/p+2. The van der Waals surface area contributed by atoms with Gasteiger partial charge in [-0.15, -0.1) is 9.79 Å². The third-order valence-corrected chi connectivity index (χ3v) is 2.02. The highest BCUT2D eigenvalue weighted by atomic mass is 31.1. The van der Waals surface area contributed by atoms with Gasteiger partial charge in [0.2, 0.25) is 0 Å². The zero-order valence-corrected chi connectivity index (χ0v) is 9.07. The second kappa shape index (κ2) is 6.44. The first-order valence-electron chi connectivity index (χ1n) is 3.47. The molecule has 0 bridgehead atoms. The van der Waals surface area contributed by atoms with Crippen molar-refractivity contribution in [3.05, 3.63) is 0 Å². The second-order valence-electron chi connectivity index (χ2n) is 2.22. The van der Waals surface area contributed by atoms with E-state index in [1.165, 1.54) is 0 Å². The first kappa shape index (κ1) is 14.0. The lowest BCUT2D eigenvalue weighted by Crippen LogP contribution is -2.34. The molecular weight excluding hydrogens is 236 g/mol. The average molecular weight is 247 g/mol. The summed E-state index contributed by atoms with van der Waals surface area (Å²) in [4.78, 5) is 16.7. The highest BCUT2D eigenvalue weighted by Crippen LogP contribution is 2.34. The third kappa shape index (κ3) is 6.42. The van der Waals surface area contributed by atoms with Crippen LogP contribution in [-0.2, 0) is 18.2 Å². The Labute approximate surface area is 81.7 Å². The van der Waals surface area contributed by atoms with Gasteiger partial charge in [0.05, 0.1) is 6.42 Å². The number of aliphatic hydroxyl groups is 1. The van der Waals surface area contributed by atoms with Crippen LogP contribution in [-0.4, -0.2) is 34.5 Å². The monoisotopic (exact) mass is 247 g/mol. The minimum Gasteiger partial charge on any atom is -0.337 e. The molecule has 0 spiro atoms. The zero-order valence-electron chi connectivity index (χ0n) is 7.28. The van der Waals surface area contributed by atoms with Crippen molar-refractivity contribution in [3.8, 4) is 0 Å². The summed E-state index contributed by atoms with van der Waals surface area (Å²) >= 11 is 0. The van der Waals surface area contributed by atoms with E-state index in [2.05, 4.69) is 14.4 Å². The summed E-state index contributed by atoms with van der Waals surface area (Å²) in [7, 11) is -4.70. The summed E-state index contributed by atoms with van der Waals surface area (Å²) in [5, 5.41) is 11.9. The summed E-state index contributed by atoms with van der Waals surface area (Å²) in [6.45, 7) is 0.169. The van der Waals surface area contributed by atoms with Gasteiger partial charge in [-0.1, -0.05) is 0 Å². The molecule has 2 unspecified atom stereocenters. The highest BCUT2D eigenvalue weighted by Gasteiger charge is 2.47. The SMILES string of the molecule is CNCCC(O)(O[P+](=O)O)O[P+](=O)O. The molecule has 0 saturated carbocycles. The summed E-state index contributed by atoms with van der Waals surface area (Å²) in [5.74, 6) is -2.53. The lowest BCUT2D eigenvalue weighted by molar-refractivity contribution is -0.275. The minimum absolute atomic E-state index is 0.169. The van der Waals surface area contributed by atoms with Gasteiger partial charge in [-0.2, -0.15) is 0 Å². The largest absolute Gasteiger partial charge is 0.700 e. The lowest BCUT2D eigenvalue weighted by atomic mass is 10.4. The first-order valence-corrected chi connectivity index (χ1v) is 5.73. The number of hydrogen-bond acceptors (Lipinski definition) is 6. The van der Waals surface area contributed by atoms with Crippen molar-refractivity contribution in [1.29, 1.82) is 0 Å². The van der Waals surface area contributed by atoms with Crippen LogP contribution < -0.4 is 5.32 Å². The lowest BCUT2D eigenvalue weighted by Gasteiger charge is -2.12. The maximum atomic E-state index is 10.2. The normalized spacial score (nSPS) is 17.4. The molecule has 4 N–H and O–H groups in total. The Morgan fingerprint density at radius 2 is 1.71 bits per heavy atom. The smallest absolute Gasteiger partial charge is 0.337 e. The van der Waals surface area contributed by atoms with Crippen LogP contribution in [0.25, 0.3) is 0 Å². The summed E-state index contributed by atoms with van der Waals surface area (Å²) in [5.41, 5.74) is 0. The van der Waals surface area contributed by atoms with Crippen LogP contribution in [0.3, 0.4) is 0 Å². The van der Waals surface area contributed by atoms with E-state index in [0.717, 1.165) is 0 Å². The molecule has 0 aromatic rings. The number of hydrogen-bond donors (Lipinski definition) is 4. The van der Waals surface area contributed by atoms with Crippen molar-refractivity contribution < 1.29 is 33.1 Å². The topological polar surface area (TPSA) is 125 Å². The Balaban J connectivity index is 4.31. The molecule has 0 aromatic carbocycles. The van der Waals surface area contributed by atoms with Crippen LogP contribution >= 0.6 is 16.5 Å². The summed E-state index contributed by atoms with van der Waals surface area (Å²) < 4.78 is 28.6. The van der Waals surface area contributed by atoms with Crippen LogP contribution in [0, 0.1) is 0 Å². The van der Waals surface area contributed by atoms with E-state index in [0.29, 0.717) is 0 Å². The molecule has 0 rings (SSSR count). The summed E-state index contributed by atoms with van der Waals surface area (Å²) in [6, 6.07) is 0. The van der Waals surface area contributed by atoms with Crippen LogP contribution in [0.2, 0.25) is 0 Å². The molecule has 2 atom stereocenters. The molecule has 14 heavy (non-hydrogen) atoms. The third-order valence-electron chi connectivity index (χ3n) is 1.13. The second-order valence-corrected chi connectivity index (χ2v) is 3.54. The van der Waals surface area contributed by atoms with Gasteiger partial charge in [-0.3, -0.25) is 0 Å². The van der Waals surface area contributed by atoms with Gasteiger partial charge in [0.25, 0.3) is 0 Å². The Hall–Kier alpha value is -0.0400. The van der Waals surface area contributed by atoms with Crippen LogP contribution in [0.4, 0.5) is 0 Å². The van der Waals surface area contributed by atoms with Crippen molar-refractivity contribution in [2.45, 2.75) is 12.4 Å². The van der Waals surface area contributed by atoms with Crippen molar-refractivity contribution in [3.63, 3.8) is 0 Å². The van der Waals surface area contributed by atoms with E-state index >= 15 is 0 Å². The maximum absolute atomic E-state index is 10.2. The molecule has 0 radical (unpaired) electrons. The van der Waals surface area contributed by atoms with E-state index in [4.69, 9.17) is 9.79 Å². The fourth-order valence-corrected chi connectivity index (χ4v) is 1.44. The summed E-state index contributed by atoms with van der Waals surface area (Å²) in [6.07, 6.45) is -0.271. The molecule has 8 nitrogen and oxygen atoms in total. The fourth-order valence-electron chi connectivity index (χ4n) is 0.635. The predicted octanol–water partition coefficient (Wildman–Crippen LogP) is -0.425. The van der Waals surface area contributed by atoms with Gasteiger partial charge >= 0.3 is 22.5 Å².